The van der Waals surface area contributed by atoms with E-state index < -0.39 is 34.7 Å². The lowest BCUT2D eigenvalue weighted by Gasteiger charge is -2.13. The van der Waals surface area contributed by atoms with E-state index in [4.69, 9.17) is 9.47 Å². The van der Waals surface area contributed by atoms with Crippen LogP contribution in [0.3, 0.4) is 0 Å². The van der Waals surface area contributed by atoms with E-state index in [-0.39, 0.29) is 24.7 Å². The molecule has 0 aromatic heterocycles. The molecule has 0 aliphatic carbocycles. The van der Waals surface area contributed by atoms with E-state index in [9.17, 15) is 22.4 Å². The van der Waals surface area contributed by atoms with Crippen LogP contribution < -0.4 is 10.1 Å². The molecule has 0 saturated heterocycles. The van der Waals surface area contributed by atoms with E-state index in [2.05, 4.69) is 5.32 Å². The van der Waals surface area contributed by atoms with Crippen LogP contribution in [-0.2, 0) is 4.74 Å². The molecule has 4 nitrogen and oxygen atoms in total. The number of benzene rings is 2. The maximum Gasteiger partial charge on any atom is 0.255 e. The summed E-state index contributed by atoms with van der Waals surface area (Å²) in [5.41, 5.74) is -0.500. The highest BCUT2D eigenvalue weighted by molar-refractivity contribution is 6.05. The summed E-state index contributed by atoms with van der Waals surface area (Å²) >= 11 is 0. The minimum Gasteiger partial charge on any atom is -0.489 e. The van der Waals surface area contributed by atoms with Gasteiger partial charge in [-0.1, -0.05) is 0 Å². The van der Waals surface area contributed by atoms with Gasteiger partial charge in [0.05, 0.1) is 12.3 Å². The maximum absolute atomic E-state index is 13.4. The van der Waals surface area contributed by atoms with Crippen LogP contribution in [0.15, 0.2) is 30.3 Å². The molecule has 0 radical (unpaired) electrons. The number of carbonyl (C=O) groups excluding carboxylic acids is 1. The fourth-order valence-electron chi connectivity index (χ4n) is 1.84. The number of carbonyl (C=O) groups is 1. The van der Waals surface area contributed by atoms with Gasteiger partial charge in [-0.05, 0) is 24.3 Å². The number of amides is 1. The number of hydrogen-bond donors (Lipinski definition) is 1. The van der Waals surface area contributed by atoms with Crippen molar-refractivity contribution in [3.05, 3.63) is 59.2 Å². The van der Waals surface area contributed by atoms with Crippen LogP contribution in [0.2, 0.25) is 0 Å². The number of rotatable bonds is 6. The molecule has 0 saturated carbocycles. The normalized spacial score (nSPS) is 10.5. The van der Waals surface area contributed by atoms with Crippen molar-refractivity contribution in [1.82, 2.24) is 0 Å². The molecule has 2 aromatic rings. The number of hydrogen-bond acceptors (Lipinski definition) is 3. The molecule has 0 heterocycles. The molecule has 0 aliphatic heterocycles. The Balaban J connectivity index is 2.23. The standard InChI is InChI=1S/C16H13F4NO3/c1-23-4-5-24-14-3-2-10(17)8-13(14)21-16(22)9-6-11(18)15(20)12(19)7-9/h2-3,6-8H,4-5H2,1H3,(H,21,22). The van der Waals surface area contributed by atoms with E-state index in [1.165, 1.54) is 13.2 Å². The van der Waals surface area contributed by atoms with Crippen molar-refractivity contribution < 1.29 is 31.8 Å². The van der Waals surface area contributed by atoms with E-state index in [1.807, 2.05) is 0 Å². The third kappa shape index (κ3) is 4.23. The minimum atomic E-state index is -1.68. The average Bonchev–Trinajstić information content (AvgIpc) is 2.54. The lowest BCUT2D eigenvalue weighted by atomic mass is 10.2. The quantitative estimate of drug-likeness (QED) is 0.496. The Bertz CT molecular complexity index is 729. The van der Waals surface area contributed by atoms with Crippen LogP contribution in [0.1, 0.15) is 10.4 Å². The first kappa shape index (κ1) is 17.7. The molecule has 0 bridgehead atoms. The van der Waals surface area contributed by atoms with Crippen molar-refractivity contribution in [3.63, 3.8) is 0 Å². The second-order valence-corrected chi connectivity index (χ2v) is 4.69. The van der Waals surface area contributed by atoms with Crippen molar-refractivity contribution in [3.8, 4) is 5.75 Å². The van der Waals surface area contributed by atoms with Gasteiger partial charge in [0, 0.05) is 18.7 Å². The fourth-order valence-corrected chi connectivity index (χ4v) is 1.84. The van der Waals surface area contributed by atoms with Crippen LogP contribution in [-0.4, -0.2) is 26.2 Å². The summed E-state index contributed by atoms with van der Waals surface area (Å²) < 4.78 is 62.8. The van der Waals surface area contributed by atoms with Crippen LogP contribution in [0.5, 0.6) is 5.75 Å². The summed E-state index contributed by atoms with van der Waals surface area (Å²) in [7, 11) is 1.47. The number of halogens is 4. The van der Waals surface area contributed by atoms with Crippen molar-refractivity contribution in [1.29, 1.82) is 0 Å². The molecule has 0 unspecified atom stereocenters. The second kappa shape index (κ2) is 7.78. The Kier molecular flexibility index (Phi) is 5.75. The van der Waals surface area contributed by atoms with Gasteiger partial charge in [-0.2, -0.15) is 0 Å². The Morgan fingerprint density at radius 1 is 1.04 bits per heavy atom. The molecule has 1 N–H and O–H groups in total. The molecule has 0 aliphatic rings. The molecule has 0 spiro atoms. The fraction of sp³-hybridized carbons (Fsp3) is 0.188. The molecule has 8 heteroatoms. The van der Waals surface area contributed by atoms with Crippen LogP contribution >= 0.6 is 0 Å². The zero-order valence-corrected chi connectivity index (χ0v) is 12.5. The van der Waals surface area contributed by atoms with Gasteiger partial charge >= 0.3 is 0 Å². The van der Waals surface area contributed by atoms with Gasteiger partial charge in [0.25, 0.3) is 5.91 Å². The zero-order chi connectivity index (χ0) is 17.7. The van der Waals surface area contributed by atoms with E-state index in [0.717, 1.165) is 12.1 Å². The third-order valence-corrected chi connectivity index (χ3v) is 2.98. The van der Waals surface area contributed by atoms with Crippen molar-refractivity contribution in [2.75, 3.05) is 25.6 Å². The van der Waals surface area contributed by atoms with Gasteiger partial charge in [-0.15, -0.1) is 0 Å². The Morgan fingerprint density at radius 3 is 2.33 bits per heavy atom. The number of ether oxygens (including phenoxy) is 2. The van der Waals surface area contributed by atoms with E-state index in [0.29, 0.717) is 12.1 Å². The summed E-state index contributed by atoms with van der Waals surface area (Å²) in [6.07, 6.45) is 0. The molecule has 2 rings (SSSR count). The number of anilines is 1. The summed E-state index contributed by atoms with van der Waals surface area (Å²) in [6, 6.07) is 4.47. The van der Waals surface area contributed by atoms with E-state index >= 15 is 0 Å². The average molecular weight is 343 g/mol. The molecule has 2 aromatic carbocycles. The monoisotopic (exact) mass is 343 g/mol. The summed E-state index contributed by atoms with van der Waals surface area (Å²) in [6.45, 7) is 0.407. The van der Waals surface area contributed by atoms with Gasteiger partial charge in [0.15, 0.2) is 17.5 Å². The predicted molar refractivity (Wildman–Crippen MR) is 78.0 cm³/mol. The third-order valence-electron chi connectivity index (χ3n) is 2.98. The highest BCUT2D eigenvalue weighted by Crippen LogP contribution is 2.26. The largest absolute Gasteiger partial charge is 0.489 e. The zero-order valence-electron chi connectivity index (χ0n) is 12.5. The second-order valence-electron chi connectivity index (χ2n) is 4.69. The SMILES string of the molecule is COCCOc1ccc(F)cc1NC(=O)c1cc(F)c(F)c(F)c1. The summed E-state index contributed by atoms with van der Waals surface area (Å²) in [5, 5.41) is 2.27. The lowest BCUT2D eigenvalue weighted by Crippen LogP contribution is -2.15. The lowest BCUT2D eigenvalue weighted by molar-refractivity contribution is 0.102. The Hall–Kier alpha value is -2.61. The van der Waals surface area contributed by atoms with Gasteiger partial charge in [-0.3, -0.25) is 4.79 Å². The van der Waals surface area contributed by atoms with Gasteiger partial charge in [0.1, 0.15) is 18.2 Å². The van der Waals surface area contributed by atoms with Crippen molar-refractivity contribution in [2.45, 2.75) is 0 Å². The van der Waals surface area contributed by atoms with Gasteiger partial charge < -0.3 is 14.8 Å². The molecule has 0 atom stereocenters. The number of nitrogens with one attached hydrogen (secondary N) is 1. The molecular weight excluding hydrogens is 330 g/mol. The van der Waals surface area contributed by atoms with Crippen LogP contribution in [0.25, 0.3) is 0 Å². The first-order valence-corrected chi connectivity index (χ1v) is 6.79. The van der Waals surface area contributed by atoms with Gasteiger partial charge in [0.2, 0.25) is 0 Å². The molecular formula is C16H13F4NO3. The summed E-state index contributed by atoms with van der Waals surface area (Å²) in [5.74, 6) is -6.14. The first-order chi connectivity index (χ1) is 11.4. The van der Waals surface area contributed by atoms with Crippen LogP contribution in [0, 0.1) is 23.3 Å². The number of methoxy groups -OCH3 is 1. The summed E-state index contributed by atoms with van der Waals surface area (Å²) in [4.78, 5) is 12.1. The highest BCUT2D eigenvalue weighted by atomic mass is 19.2. The molecule has 128 valence electrons. The molecule has 1 amide bonds. The molecule has 0 fully saturated rings. The van der Waals surface area contributed by atoms with Crippen molar-refractivity contribution in [2.24, 2.45) is 0 Å². The Morgan fingerprint density at radius 2 is 1.71 bits per heavy atom. The topological polar surface area (TPSA) is 47.6 Å². The van der Waals surface area contributed by atoms with Gasteiger partial charge in [-0.25, -0.2) is 17.6 Å². The Labute approximate surface area is 135 Å². The van der Waals surface area contributed by atoms with Crippen LogP contribution in [0.4, 0.5) is 23.2 Å². The van der Waals surface area contributed by atoms with Crippen molar-refractivity contribution >= 4 is 11.6 Å². The smallest absolute Gasteiger partial charge is 0.255 e. The maximum atomic E-state index is 13.4. The predicted octanol–water partition coefficient (Wildman–Crippen LogP) is 3.52. The van der Waals surface area contributed by atoms with E-state index in [1.54, 1.807) is 0 Å². The first-order valence-electron chi connectivity index (χ1n) is 6.79. The molecule has 24 heavy (non-hydrogen) atoms. The minimum absolute atomic E-state index is 0.0405. The highest BCUT2D eigenvalue weighted by Gasteiger charge is 2.17.